The summed E-state index contributed by atoms with van der Waals surface area (Å²) in [5.74, 6) is -0.392. The van der Waals surface area contributed by atoms with Crippen LogP contribution in [0.15, 0.2) is 48.7 Å². The number of aromatic nitrogens is 1. The van der Waals surface area contributed by atoms with Gasteiger partial charge in [-0.15, -0.1) is 0 Å². The zero-order chi connectivity index (χ0) is 20.0. The fourth-order valence-electron chi connectivity index (χ4n) is 3.82. The van der Waals surface area contributed by atoms with Gasteiger partial charge in [0, 0.05) is 31.4 Å². The molecular weight excluding hydrogens is 436 g/mol. The molecule has 29 heavy (non-hydrogen) atoms. The largest absolute Gasteiger partial charge is 1.00 e. The first-order valence-corrected chi connectivity index (χ1v) is 9.95. The average molecular weight is 467 g/mol. The molecule has 0 amide bonds. The highest BCUT2D eigenvalue weighted by Gasteiger charge is 2.48. The molecule has 0 bridgehead atoms. The number of hydrogen-bond acceptors (Lipinski definition) is 4. The minimum atomic E-state index is -1.35. The number of halogens is 1. The predicted octanol–water partition coefficient (Wildman–Crippen LogP) is -0.557. The van der Waals surface area contributed by atoms with Crippen LogP contribution in [0.4, 0.5) is 0 Å². The lowest BCUT2D eigenvalue weighted by atomic mass is 9.90. The Morgan fingerprint density at radius 1 is 1.21 bits per heavy atom. The van der Waals surface area contributed by atoms with Crippen molar-refractivity contribution in [1.82, 2.24) is 4.98 Å². The third-order valence-corrected chi connectivity index (χ3v) is 5.34. The van der Waals surface area contributed by atoms with Crippen LogP contribution in [0.1, 0.15) is 30.5 Å². The molecule has 1 aliphatic heterocycles. The van der Waals surface area contributed by atoms with Crippen molar-refractivity contribution in [2.24, 2.45) is 0 Å². The minimum absolute atomic E-state index is 0. The smallest absolute Gasteiger partial charge is 0.349 e. The molecule has 0 radical (unpaired) electrons. The molecule has 7 heteroatoms. The standard InChI is InChI=1S/C22H31N2O4.BrH/c1-24(2)14-12-19(17-24)28-21(26)22(20-11-8-13-23-20,27-16-7-6-15-25)18-9-4-3-5-10-18;/h3-5,8-11,13,19,23,25H,6-7,12,14-17H2,1-2H3;1H/q+1;/p-1. The topological polar surface area (TPSA) is 71.6 Å². The summed E-state index contributed by atoms with van der Waals surface area (Å²) in [5, 5.41) is 9.09. The molecule has 1 aromatic carbocycles. The van der Waals surface area contributed by atoms with Gasteiger partial charge in [0.1, 0.15) is 6.54 Å². The maximum atomic E-state index is 13.6. The third kappa shape index (κ3) is 5.48. The second-order valence-corrected chi connectivity index (χ2v) is 8.07. The van der Waals surface area contributed by atoms with Crippen LogP contribution in [0.3, 0.4) is 0 Å². The van der Waals surface area contributed by atoms with Crippen LogP contribution in [-0.4, -0.2) is 67.0 Å². The predicted molar refractivity (Wildman–Crippen MR) is 107 cm³/mol. The number of aliphatic hydroxyl groups is 1. The summed E-state index contributed by atoms with van der Waals surface area (Å²) < 4.78 is 13.1. The number of ether oxygens (including phenoxy) is 2. The summed E-state index contributed by atoms with van der Waals surface area (Å²) in [4.78, 5) is 16.7. The molecular formula is C22H31BrN2O4. The molecule has 1 saturated heterocycles. The Labute approximate surface area is 183 Å². The number of nitrogens with zero attached hydrogens (tertiary/aromatic N) is 1. The van der Waals surface area contributed by atoms with Gasteiger partial charge in [0.25, 0.3) is 0 Å². The molecule has 1 aliphatic rings. The van der Waals surface area contributed by atoms with Crippen molar-refractivity contribution in [3.63, 3.8) is 0 Å². The van der Waals surface area contributed by atoms with Gasteiger partial charge in [0.2, 0.25) is 5.60 Å². The van der Waals surface area contributed by atoms with E-state index in [1.54, 1.807) is 6.20 Å². The average Bonchev–Trinajstić information content (AvgIpc) is 3.33. The fourth-order valence-corrected chi connectivity index (χ4v) is 3.82. The first-order valence-electron chi connectivity index (χ1n) is 9.95. The Bertz CT molecular complexity index is 751. The van der Waals surface area contributed by atoms with Crippen LogP contribution in [0.25, 0.3) is 0 Å². The van der Waals surface area contributed by atoms with E-state index in [9.17, 15) is 4.79 Å². The van der Waals surface area contributed by atoms with Crippen molar-refractivity contribution >= 4 is 5.97 Å². The third-order valence-electron chi connectivity index (χ3n) is 5.34. The van der Waals surface area contributed by atoms with Gasteiger partial charge in [-0.1, -0.05) is 30.3 Å². The number of aromatic amines is 1. The van der Waals surface area contributed by atoms with Gasteiger partial charge in [-0.3, -0.25) is 0 Å². The van der Waals surface area contributed by atoms with E-state index in [0.717, 1.165) is 29.6 Å². The van der Waals surface area contributed by atoms with Crippen LogP contribution in [0, 0.1) is 0 Å². The number of H-pyrrole nitrogens is 1. The lowest BCUT2D eigenvalue weighted by Gasteiger charge is -2.32. The molecule has 1 aromatic heterocycles. The number of benzene rings is 1. The molecule has 6 nitrogen and oxygen atoms in total. The number of esters is 1. The molecule has 160 valence electrons. The van der Waals surface area contributed by atoms with Crippen LogP contribution in [-0.2, 0) is 19.9 Å². The Morgan fingerprint density at radius 2 is 1.97 bits per heavy atom. The number of likely N-dealkylation sites (N-methyl/N-ethyl adjacent to an activating group) is 1. The molecule has 2 unspecified atom stereocenters. The summed E-state index contributed by atoms with van der Waals surface area (Å²) in [6.07, 6.45) is 3.79. The van der Waals surface area contributed by atoms with E-state index < -0.39 is 11.6 Å². The fraction of sp³-hybridized carbons (Fsp3) is 0.500. The Balaban J connectivity index is 0.00000300. The number of likely N-dealkylation sites (tertiary alicyclic amines) is 1. The van der Waals surface area contributed by atoms with Crippen LogP contribution in [0.2, 0.25) is 0 Å². The number of carbonyl (C=O) groups excluding carboxylic acids is 1. The summed E-state index contributed by atoms with van der Waals surface area (Å²) in [5.41, 5.74) is 0.0394. The molecule has 3 rings (SSSR count). The van der Waals surface area contributed by atoms with Crippen LogP contribution < -0.4 is 17.0 Å². The highest BCUT2D eigenvalue weighted by atomic mass is 79.9. The summed E-state index contributed by atoms with van der Waals surface area (Å²) >= 11 is 0. The molecule has 2 atom stereocenters. The zero-order valence-electron chi connectivity index (χ0n) is 17.1. The van der Waals surface area contributed by atoms with Crippen molar-refractivity contribution < 1.29 is 40.8 Å². The monoisotopic (exact) mass is 466 g/mol. The lowest BCUT2D eigenvalue weighted by Crippen LogP contribution is -3.00. The number of rotatable bonds is 9. The van der Waals surface area contributed by atoms with Crippen molar-refractivity contribution in [1.29, 1.82) is 0 Å². The van der Waals surface area contributed by atoms with E-state index in [1.165, 1.54) is 0 Å². The number of unbranched alkanes of at least 4 members (excludes halogenated alkanes) is 1. The maximum Gasteiger partial charge on any atom is 0.349 e. The van der Waals surface area contributed by atoms with Gasteiger partial charge in [-0.2, -0.15) is 0 Å². The van der Waals surface area contributed by atoms with E-state index in [2.05, 4.69) is 19.1 Å². The number of nitrogens with one attached hydrogen (secondary N) is 1. The zero-order valence-corrected chi connectivity index (χ0v) is 18.7. The Hall–Kier alpha value is -1.67. The second-order valence-electron chi connectivity index (χ2n) is 8.07. The van der Waals surface area contributed by atoms with Gasteiger partial charge >= 0.3 is 5.97 Å². The molecule has 1 fully saturated rings. The number of hydrogen-bond donors (Lipinski definition) is 2. The first-order chi connectivity index (χ1) is 13.5. The minimum Gasteiger partial charge on any atom is -1.00 e. The number of quaternary nitrogens is 1. The summed E-state index contributed by atoms with van der Waals surface area (Å²) in [6.45, 7) is 2.22. The van der Waals surface area contributed by atoms with Crippen molar-refractivity contribution in [3.8, 4) is 0 Å². The molecule has 2 aromatic rings. The second kappa shape index (κ2) is 10.4. The van der Waals surface area contributed by atoms with E-state index in [1.807, 2.05) is 42.5 Å². The van der Waals surface area contributed by atoms with E-state index in [4.69, 9.17) is 14.6 Å². The van der Waals surface area contributed by atoms with E-state index in [-0.39, 0.29) is 29.7 Å². The van der Waals surface area contributed by atoms with Crippen LogP contribution >= 0.6 is 0 Å². The SMILES string of the molecule is C[N+]1(C)CCC(OC(=O)C(OCCCCO)(c2ccccc2)c2ccc[nH]2)C1.[Br-]. The normalized spacial score (nSPS) is 19.9. The molecule has 2 heterocycles. The molecule has 0 saturated carbocycles. The first kappa shape index (κ1) is 23.6. The Morgan fingerprint density at radius 3 is 2.55 bits per heavy atom. The van der Waals surface area contributed by atoms with Crippen molar-refractivity contribution in [3.05, 3.63) is 59.9 Å². The lowest BCUT2D eigenvalue weighted by molar-refractivity contribution is -0.879. The summed E-state index contributed by atoms with van der Waals surface area (Å²) in [7, 11) is 4.29. The molecule has 0 spiro atoms. The van der Waals surface area contributed by atoms with Gasteiger partial charge in [0.05, 0.1) is 26.3 Å². The highest BCUT2D eigenvalue weighted by molar-refractivity contribution is 5.85. The maximum absolute atomic E-state index is 13.6. The van der Waals surface area contributed by atoms with Crippen molar-refractivity contribution in [2.45, 2.75) is 31.0 Å². The quantitative estimate of drug-likeness (QED) is 0.295. The molecule has 2 N–H and O–H groups in total. The Kier molecular flexibility index (Phi) is 8.46. The number of carbonyl (C=O) groups is 1. The van der Waals surface area contributed by atoms with Crippen LogP contribution in [0.5, 0.6) is 0 Å². The summed E-state index contributed by atoms with van der Waals surface area (Å²) in [6, 6.07) is 13.2. The number of aliphatic hydroxyl groups excluding tert-OH is 1. The van der Waals surface area contributed by atoms with Crippen molar-refractivity contribution in [2.75, 3.05) is 40.4 Å². The van der Waals surface area contributed by atoms with Gasteiger partial charge in [-0.05, 0) is 25.0 Å². The van der Waals surface area contributed by atoms with Gasteiger partial charge < -0.3 is 41.0 Å². The van der Waals surface area contributed by atoms with Gasteiger partial charge in [-0.25, -0.2) is 4.79 Å². The van der Waals surface area contributed by atoms with Gasteiger partial charge in [0.15, 0.2) is 6.10 Å². The van der Waals surface area contributed by atoms with E-state index >= 15 is 0 Å². The molecule has 0 aliphatic carbocycles. The highest BCUT2D eigenvalue weighted by Crippen LogP contribution is 2.36. The van der Waals surface area contributed by atoms with E-state index in [0.29, 0.717) is 25.1 Å².